The van der Waals surface area contributed by atoms with E-state index >= 15 is 0 Å². The molecule has 0 aromatic heterocycles. The van der Waals surface area contributed by atoms with E-state index < -0.39 is 29.7 Å². The number of amides is 1. The number of hydrogen-bond acceptors (Lipinski definition) is 4. The van der Waals surface area contributed by atoms with Crippen LogP contribution in [0.1, 0.15) is 37.4 Å². The Morgan fingerprint density at radius 1 is 0.848 bits per heavy atom. The molecule has 3 rings (SSSR count). The standard InChI is InChI=1S/C25H20F3NO4/c1-33-24(32)21(29-23(31)19-8-5-9-20(15-19)25(26,27)28)14-16-10-12-18(13-11-16)22(30)17-6-3-2-4-7-17/h2-13,15,21H,14H2,1H3,(H,29,31)/t21-/m1/s1. The molecule has 0 heterocycles. The molecule has 3 aromatic carbocycles. The van der Waals surface area contributed by atoms with Gasteiger partial charge in [-0.05, 0) is 23.8 Å². The van der Waals surface area contributed by atoms with Crippen molar-refractivity contribution < 1.29 is 32.3 Å². The maximum absolute atomic E-state index is 12.9. The van der Waals surface area contributed by atoms with Crippen molar-refractivity contribution in [2.24, 2.45) is 0 Å². The van der Waals surface area contributed by atoms with Crippen LogP contribution in [0.25, 0.3) is 0 Å². The summed E-state index contributed by atoms with van der Waals surface area (Å²) in [5.74, 6) is -1.75. The van der Waals surface area contributed by atoms with Crippen molar-refractivity contribution in [2.75, 3.05) is 7.11 Å². The fourth-order valence-corrected chi connectivity index (χ4v) is 3.20. The van der Waals surface area contributed by atoms with Crippen molar-refractivity contribution in [1.82, 2.24) is 5.32 Å². The Kier molecular flexibility index (Phi) is 7.27. The van der Waals surface area contributed by atoms with Gasteiger partial charge in [-0.1, -0.05) is 60.7 Å². The van der Waals surface area contributed by atoms with E-state index in [1.807, 2.05) is 0 Å². The molecule has 0 bridgehead atoms. The molecule has 5 nitrogen and oxygen atoms in total. The number of ether oxygens (including phenoxy) is 1. The largest absolute Gasteiger partial charge is 0.467 e. The average molecular weight is 455 g/mol. The second-order valence-corrected chi connectivity index (χ2v) is 7.22. The molecule has 0 spiro atoms. The lowest BCUT2D eigenvalue weighted by atomic mass is 9.99. The zero-order chi connectivity index (χ0) is 24.0. The fourth-order valence-electron chi connectivity index (χ4n) is 3.20. The van der Waals surface area contributed by atoms with Crippen LogP contribution in [-0.4, -0.2) is 30.8 Å². The molecule has 8 heteroatoms. The van der Waals surface area contributed by atoms with Gasteiger partial charge in [-0.25, -0.2) is 4.79 Å². The minimum atomic E-state index is -4.60. The Morgan fingerprint density at radius 2 is 1.45 bits per heavy atom. The Bertz CT molecular complexity index is 1140. The van der Waals surface area contributed by atoms with E-state index in [0.717, 1.165) is 19.2 Å². The van der Waals surface area contributed by atoms with Gasteiger partial charge < -0.3 is 10.1 Å². The van der Waals surface area contributed by atoms with Crippen LogP contribution in [0.5, 0.6) is 0 Å². The zero-order valence-electron chi connectivity index (χ0n) is 17.6. The third kappa shape index (κ3) is 6.06. The smallest absolute Gasteiger partial charge is 0.416 e. The zero-order valence-corrected chi connectivity index (χ0v) is 17.6. The Morgan fingerprint density at radius 3 is 2.06 bits per heavy atom. The SMILES string of the molecule is COC(=O)[C@@H](Cc1ccc(C(=O)c2ccccc2)cc1)NC(=O)c1cccc(C(F)(F)F)c1. The van der Waals surface area contributed by atoms with Gasteiger partial charge in [0, 0.05) is 23.1 Å². The summed E-state index contributed by atoms with van der Waals surface area (Å²) in [4.78, 5) is 37.2. The minimum Gasteiger partial charge on any atom is -0.467 e. The van der Waals surface area contributed by atoms with E-state index in [-0.39, 0.29) is 17.8 Å². The highest BCUT2D eigenvalue weighted by atomic mass is 19.4. The number of methoxy groups -OCH3 is 1. The van der Waals surface area contributed by atoms with Crippen molar-refractivity contribution in [3.63, 3.8) is 0 Å². The molecule has 3 aromatic rings. The van der Waals surface area contributed by atoms with Crippen LogP contribution >= 0.6 is 0 Å². The van der Waals surface area contributed by atoms with E-state index in [1.165, 1.54) is 6.07 Å². The molecule has 33 heavy (non-hydrogen) atoms. The van der Waals surface area contributed by atoms with Gasteiger partial charge in [-0.3, -0.25) is 9.59 Å². The first kappa shape index (κ1) is 23.7. The molecule has 0 saturated heterocycles. The Hall–Kier alpha value is -3.94. The number of halogens is 3. The van der Waals surface area contributed by atoms with E-state index in [9.17, 15) is 27.6 Å². The van der Waals surface area contributed by atoms with Crippen molar-refractivity contribution >= 4 is 17.7 Å². The predicted molar refractivity (Wildman–Crippen MR) is 115 cm³/mol. The molecule has 0 aliphatic carbocycles. The highest BCUT2D eigenvalue weighted by Crippen LogP contribution is 2.29. The van der Waals surface area contributed by atoms with Crippen LogP contribution in [-0.2, 0) is 22.1 Å². The number of carbonyl (C=O) groups excluding carboxylic acids is 3. The van der Waals surface area contributed by atoms with Gasteiger partial charge in [0.1, 0.15) is 6.04 Å². The molecule has 0 saturated carbocycles. The lowest BCUT2D eigenvalue weighted by molar-refractivity contribution is -0.143. The maximum atomic E-state index is 12.9. The first-order chi connectivity index (χ1) is 15.7. The molecule has 0 radical (unpaired) electrons. The Labute approximate surface area is 188 Å². The van der Waals surface area contributed by atoms with Gasteiger partial charge in [-0.15, -0.1) is 0 Å². The summed E-state index contributed by atoms with van der Waals surface area (Å²) in [6.07, 6.45) is -4.58. The number of alkyl halides is 3. The van der Waals surface area contributed by atoms with Gasteiger partial charge in [0.25, 0.3) is 5.91 Å². The molecule has 1 amide bonds. The van der Waals surface area contributed by atoms with E-state index in [0.29, 0.717) is 22.8 Å². The molecule has 1 N–H and O–H groups in total. The third-order valence-electron chi connectivity index (χ3n) is 4.94. The van der Waals surface area contributed by atoms with Gasteiger partial charge in [-0.2, -0.15) is 13.2 Å². The highest BCUT2D eigenvalue weighted by Gasteiger charge is 2.31. The van der Waals surface area contributed by atoms with Crippen LogP contribution in [0, 0.1) is 0 Å². The minimum absolute atomic E-state index is 0.0250. The summed E-state index contributed by atoms with van der Waals surface area (Å²) in [6, 6.07) is 18.0. The van der Waals surface area contributed by atoms with Crippen molar-refractivity contribution in [1.29, 1.82) is 0 Å². The molecule has 0 aliphatic rings. The Balaban J connectivity index is 1.74. The van der Waals surface area contributed by atoms with Crippen molar-refractivity contribution in [3.05, 3.63) is 107 Å². The summed E-state index contributed by atoms with van der Waals surface area (Å²) in [6.45, 7) is 0. The molecule has 0 aliphatic heterocycles. The van der Waals surface area contributed by atoms with Crippen molar-refractivity contribution in [2.45, 2.75) is 18.6 Å². The van der Waals surface area contributed by atoms with Crippen molar-refractivity contribution in [3.8, 4) is 0 Å². The van der Waals surface area contributed by atoms with Gasteiger partial charge >= 0.3 is 12.1 Å². The number of hydrogen-bond donors (Lipinski definition) is 1. The lowest BCUT2D eigenvalue weighted by Gasteiger charge is -2.17. The van der Waals surface area contributed by atoms with Crippen LogP contribution in [0.2, 0.25) is 0 Å². The second-order valence-electron chi connectivity index (χ2n) is 7.22. The van der Waals surface area contributed by atoms with Crippen LogP contribution in [0.3, 0.4) is 0 Å². The van der Waals surface area contributed by atoms with E-state index in [1.54, 1.807) is 54.6 Å². The number of ketones is 1. The normalized spacial score (nSPS) is 12.0. The molecule has 0 fully saturated rings. The third-order valence-corrected chi connectivity index (χ3v) is 4.94. The fraction of sp³-hybridized carbons (Fsp3) is 0.160. The monoisotopic (exact) mass is 455 g/mol. The molecular formula is C25H20F3NO4. The number of benzene rings is 3. The average Bonchev–Trinajstić information content (AvgIpc) is 2.83. The number of esters is 1. The molecule has 0 unspecified atom stereocenters. The first-order valence-corrected chi connectivity index (χ1v) is 9.93. The summed E-state index contributed by atoms with van der Waals surface area (Å²) in [5, 5.41) is 2.43. The maximum Gasteiger partial charge on any atom is 0.416 e. The van der Waals surface area contributed by atoms with Gasteiger partial charge in [0.05, 0.1) is 12.7 Å². The summed E-state index contributed by atoms with van der Waals surface area (Å²) in [7, 11) is 1.15. The van der Waals surface area contributed by atoms with E-state index in [2.05, 4.69) is 5.32 Å². The summed E-state index contributed by atoms with van der Waals surface area (Å²) in [5.41, 5.74) is 0.406. The quantitative estimate of drug-likeness (QED) is 0.422. The topological polar surface area (TPSA) is 72.5 Å². The summed E-state index contributed by atoms with van der Waals surface area (Å²) < 4.78 is 43.5. The number of carbonyl (C=O) groups is 3. The van der Waals surface area contributed by atoms with Gasteiger partial charge in [0.15, 0.2) is 5.78 Å². The second kappa shape index (κ2) is 10.1. The van der Waals surface area contributed by atoms with E-state index in [4.69, 9.17) is 4.74 Å². The molecule has 170 valence electrons. The summed E-state index contributed by atoms with van der Waals surface area (Å²) >= 11 is 0. The van der Waals surface area contributed by atoms with Crippen LogP contribution in [0.4, 0.5) is 13.2 Å². The molecular weight excluding hydrogens is 435 g/mol. The number of rotatable bonds is 7. The molecule has 1 atom stereocenters. The predicted octanol–water partition coefficient (Wildman–Crippen LogP) is 4.45. The van der Waals surface area contributed by atoms with Crippen LogP contribution in [0.15, 0.2) is 78.9 Å². The lowest BCUT2D eigenvalue weighted by Crippen LogP contribution is -2.43. The first-order valence-electron chi connectivity index (χ1n) is 9.93. The van der Waals surface area contributed by atoms with Crippen LogP contribution < -0.4 is 5.32 Å². The van der Waals surface area contributed by atoms with Gasteiger partial charge in [0.2, 0.25) is 0 Å². The number of nitrogens with one attached hydrogen (secondary N) is 1. The highest BCUT2D eigenvalue weighted by molar-refractivity contribution is 6.08.